The summed E-state index contributed by atoms with van der Waals surface area (Å²) in [5.41, 5.74) is 2.55. The summed E-state index contributed by atoms with van der Waals surface area (Å²) >= 11 is 0. The molecule has 1 fully saturated rings. The molecule has 0 aliphatic heterocycles. The van der Waals surface area contributed by atoms with Gasteiger partial charge in [-0.15, -0.1) is 6.58 Å². The summed E-state index contributed by atoms with van der Waals surface area (Å²) in [5, 5.41) is 8.95. The van der Waals surface area contributed by atoms with Gasteiger partial charge in [0, 0.05) is 0 Å². The van der Waals surface area contributed by atoms with Gasteiger partial charge < -0.3 is 0 Å². The second kappa shape index (κ2) is 8.79. The van der Waals surface area contributed by atoms with Crippen LogP contribution >= 0.6 is 0 Å². The highest BCUT2D eigenvalue weighted by Gasteiger charge is 2.20. The molecule has 1 saturated carbocycles. The van der Waals surface area contributed by atoms with E-state index in [0.29, 0.717) is 0 Å². The highest BCUT2D eigenvalue weighted by Crippen LogP contribution is 2.34. The van der Waals surface area contributed by atoms with Gasteiger partial charge in [0.1, 0.15) is 0 Å². The van der Waals surface area contributed by atoms with E-state index in [9.17, 15) is 0 Å². The number of benzene rings is 1. The van der Waals surface area contributed by atoms with Crippen LogP contribution in [0.25, 0.3) is 0 Å². The van der Waals surface area contributed by atoms with Gasteiger partial charge in [-0.2, -0.15) is 5.26 Å². The lowest BCUT2D eigenvalue weighted by molar-refractivity contribution is 0.254. The maximum absolute atomic E-state index is 8.95. The van der Waals surface area contributed by atoms with E-state index in [2.05, 4.69) is 43.0 Å². The van der Waals surface area contributed by atoms with Crippen molar-refractivity contribution >= 4 is 0 Å². The molecule has 1 aliphatic carbocycles. The fraction of sp³-hybridized carbons (Fsp3) is 0.571. The van der Waals surface area contributed by atoms with E-state index < -0.39 is 0 Å². The Morgan fingerprint density at radius 1 is 1.14 bits per heavy atom. The SMILES string of the molecule is C=CCC[C@H]1CC[C@H](CCc2ccc(C(C)C#N)cc2)CC1. The minimum atomic E-state index is -0.0000986. The van der Waals surface area contributed by atoms with Crippen LogP contribution in [0.4, 0.5) is 0 Å². The van der Waals surface area contributed by atoms with Crippen molar-refractivity contribution in [1.82, 2.24) is 0 Å². The Hall–Kier alpha value is -1.55. The Balaban J connectivity index is 1.73. The maximum Gasteiger partial charge on any atom is 0.0700 e. The van der Waals surface area contributed by atoms with Crippen molar-refractivity contribution in [3.05, 3.63) is 48.0 Å². The molecule has 1 aliphatic rings. The first kappa shape index (κ1) is 16.8. The summed E-state index contributed by atoms with van der Waals surface area (Å²) in [4.78, 5) is 0. The molecule has 1 unspecified atom stereocenters. The van der Waals surface area contributed by atoms with E-state index in [-0.39, 0.29) is 5.92 Å². The zero-order valence-corrected chi connectivity index (χ0v) is 13.9. The van der Waals surface area contributed by atoms with Crippen LogP contribution in [0.1, 0.15) is 68.9 Å². The van der Waals surface area contributed by atoms with Crippen LogP contribution in [-0.2, 0) is 6.42 Å². The standard InChI is InChI=1S/C21H29N/c1-3-4-5-18-6-8-19(9-7-18)10-11-20-12-14-21(15-13-20)17(2)16-22/h3,12-15,17-19H,1,4-11H2,2H3/t17?,18-,19-. The van der Waals surface area contributed by atoms with Gasteiger partial charge in [-0.3, -0.25) is 0 Å². The lowest BCUT2D eigenvalue weighted by Crippen LogP contribution is -2.15. The molecule has 0 saturated heterocycles. The molecular formula is C21H29N. The van der Waals surface area contributed by atoms with Gasteiger partial charge >= 0.3 is 0 Å². The molecule has 0 amide bonds. The Morgan fingerprint density at radius 2 is 1.73 bits per heavy atom. The van der Waals surface area contributed by atoms with Crippen LogP contribution < -0.4 is 0 Å². The predicted octanol–water partition coefficient (Wildman–Crippen LogP) is 6.02. The first-order valence-corrected chi connectivity index (χ1v) is 8.82. The van der Waals surface area contributed by atoms with E-state index >= 15 is 0 Å². The minimum absolute atomic E-state index is 0.0000986. The van der Waals surface area contributed by atoms with Crippen molar-refractivity contribution in [2.24, 2.45) is 11.8 Å². The van der Waals surface area contributed by atoms with Crippen LogP contribution in [-0.4, -0.2) is 0 Å². The first-order chi connectivity index (χ1) is 10.7. The second-order valence-electron chi connectivity index (χ2n) is 6.88. The molecule has 0 aromatic heterocycles. The Bertz CT molecular complexity index is 486. The van der Waals surface area contributed by atoms with Crippen molar-refractivity contribution in [1.29, 1.82) is 5.26 Å². The summed E-state index contributed by atoms with van der Waals surface area (Å²) < 4.78 is 0. The predicted molar refractivity (Wildman–Crippen MR) is 93.7 cm³/mol. The molecule has 1 heteroatoms. The number of hydrogen-bond donors (Lipinski definition) is 0. The number of allylic oxidation sites excluding steroid dienone is 1. The fourth-order valence-electron chi connectivity index (χ4n) is 3.58. The molecule has 0 heterocycles. The summed E-state index contributed by atoms with van der Waals surface area (Å²) in [5.74, 6) is 1.86. The molecule has 118 valence electrons. The number of aryl methyl sites for hydroxylation is 1. The number of nitriles is 1. The minimum Gasteiger partial charge on any atom is -0.198 e. The Labute approximate surface area is 136 Å². The highest BCUT2D eigenvalue weighted by molar-refractivity contribution is 5.28. The third-order valence-corrected chi connectivity index (χ3v) is 5.26. The largest absolute Gasteiger partial charge is 0.198 e. The number of rotatable bonds is 7. The van der Waals surface area contributed by atoms with Crippen molar-refractivity contribution in [2.75, 3.05) is 0 Å². The number of nitrogens with zero attached hydrogens (tertiary/aromatic N) is 1. The molecular weight excluding hydrogens is 266 g/mol. The molecule has 0 spiro atoms. The van der Waals surface area contributed by atoms with Crippen LogP contribution in [0.2, 0.25) is 0 Å². The summed E-state index contributed by atoms with van der Waals surface area (Å²) in [6, 6.07) is 11.0. The molecule has 1 nitrogen and oxygen atoms in total. The second-order valence-corrected chi connectivity index (χ2v) is 6.88. The third-order valence-electron chi connectivity index (χ3n) is 5.26. The quantitative estimate of drug-likeness (QED) is 0.564. The van der Waals surface area contributed by atoms with E-state index in [1.807, 2.05) is 6.92 Å². The average Bonchev–Trinajstić information content (AvgIpc) is 2.58. The fourth-order valence-corrected chi connectivity index (χ4v) is 3.58. The van der Waals surface area contributed by atoms with Gasteiger partial charge in [0.15, 0.2) is 0 Å². The van der Waals surface area contributed by atoms with Gasteiger partial charge in [0.05, 0.1) is 12.0 Å². The van der Waals surface area contributed by atoms with Gasteiger partial charge in [-0.25, -0.2) is 0 Å². The van der Waals surface area contributed by atoms with Gasteiger partial charge in [-0.05, 0) is 55.6 Å². The van der Waals surface area contributed by atoms with Gasteiger partial charge in [0.2, 0.25) is 0 Å². The number of hydrogen-bond acceptors (Lipinski definition) is 1. The molecule has 1 atom stereocenters. The summed E-state index contributed by atoms with van der Waals surface area (Å²) in [6.45, 7) is 5.79. The lowest BCUT2D eigenvalue weighted by Gasteiger charge is -2.28. The van der Waals surface area contributed by atoms with Crippen LogP contribution in [0.5, 0.6) is 0 Å². The molecule has 22 heavy (non-hydrogen) atoms. The average molecular weight is 295 g/mol. The van der Waals surface area contributed by atoms with Crippen molar-refractivity contribution in [3.8, 4) is 6.07 Å². The van der Waals surface area contributed by atoms with Gasteiger partial charge in [0.25, 0.3) is 0 Å². The first-order valence-electron chi connectivity index (χ1n) is 8.82. The normalized spacial score (nSPS) is 22.7. The summed E-state index contributed by atoms with van der Waals surface area (Å²) in [7, 11) is 0. The Kier molecular flexibility index (Phi) is 6.72. The van der Waals surface area contributed by atoms with Crippen LogP contribution in [0.15, 0.2) is 36.9 Å². The monoisotopic (exact) mass is 295 g/mol. The van der Waals surface area contributed by atoms with E-state index in [0.717, 1.165) is 17.4 Å². The van der Waals surface area contributed by atoms with Crippen LogP contribution in [0.3, 0.4) is 0 Å². The van der Waals surface area contributed by atoms with Gasteiger partial charge in [-0.1, -0.05) is 56.0 Å². The molecule has 1 aromatic carbocycles. The zero-order valence-electron chi connectivity index (χ0n) is 13.9. The van der Waals surface area contributed by atoms with E-state index in [4.69, 9.17) is 5.26 Å². The highest BCUT2D eigenvalue weighted by atomic mass is 14.3. The van der Waals surface area contributed by atoms with Crippen molar-refractivity contribution in [2.45, 2.75) is 64.2 Å². The zero-order chi connectivity index (χ0) is 15.8. The maximum atomic E-state index is 8.95. The molecule has 0 N–H and O–H groups in total. The third kappa shape index (κ3) is 5.02. The lowest BCUT2D eigenvalue weighted by atomic mass is 9.78. The molecule has 1 aromatic rings. The van der Waals surface area contributed by atoms with Crippen molar-refractivity contribution in [3.63, 3.8) is 0 Å². The van der Waals surface area contributed by atoms with E-state index in [1.165, 1.54) is 56.9 Å². The van der Waals surface area contributed by atoms with Crippen LogP contribution in [0, 0.1) is 23.2 Å². The molecule has 2 rings (SSSR count). The Morgan fingerprint density at radius 3 is 2.27 bits per heavy atom. The summed E-state index contributed by atoms with van der Waals surface area (Å²) in [6.07, 6.45) is 12.7. The topological polar surface area (TPSA) is 23.8 Å². The molecule has 0 radical (unpaired) electrons. The smallest absolute Gasteiger partial charge is 0.0700 e. The van der Waals surface area contributed by atoms with Crippen molar-refractivity contribution < 1.29 is 0 Å². The van der Waals surface area contributed by atoms with E-state index in [1.54, 1.807) is 0 Å². The molecule has 0 bridgehead atoms.